The lowest BCUT2D eigenvalue weighted by molar-refractivity contribution is 0.0914. The first-order valence-corrected chi connectivity index (χ1v) is 4.86. The number of hydrogen-bond acceptors (Lipinski definition) is 3. The van der Waals surface area contributed by atoms with E-state index in [2.05, 4.69) is 11.9 Å². The van der Waals surface area contributed by atoms with E-state index in [0.717, 1.165) is 17.7 Å². The second-order valence-electron chi connectivity index (χ2n) is 3.22. The van der Waals surface area contributed by atoms with E-state index in [-0.39, 0.29) is 6.10 Å². The molecular formula is C11H17NO2. The van der Waals surface area contributed by atoms with E-state index in [0.29, 0.717) is 6.61 Å². The molecule has 0 aliphatic rings. The predicted molar refractivity (Wildman–Crippen MR) is 55.6 cm³/mol. The predicted octanol–water partition coefficient (Wildman–Crippen LogP) is 2.06. The molecule has 0 N–H and O–H groups in total. The van der Waals surface area contributed by atoms with Gasteiger partial charge in [-0.1, -0.05) is 6.92 Å². The van der Waals surface area contributed by atoms with Gasteiger partial charge in [0.25, 0.3) is 0 Å². The van der Waals surface area contributed by atoms with Gasteiger partial charge < -0.3 is 9.47 Å². The van der Waals surface area contributed by atoms with Crippen LogP contribution in [0.25, 0.3) is 0 Å². The molecule has 78 valence electrons. The Balaban J connectivity index is 2.65. The van der Waals surface area contributed by atoms with Gasteiger partial charge in [0.05, 0.1) is 6.61 Å². The molecule has 1 aromatic rings. The third-order valence-electron chi connectivity index (χ3n) is 1.97. The van der Waals surface area contributed by atoms with Gasteiger partial charge in [0.2, 0.25) is 0 Å². The van der Waals surface area contributed by atoms with Gasteiger partial charge in [0.15, 0.2) is 0 Å². The average molecular weight is 195 g/mol. The molecule has 1 heterocycles. The molecule has 0 aliphatic heterocycles. The zero-order valence-electron chi connectivity index (χ0n) is 8.99. The highest BCUT2D eigenvalue weighted by atomic mass is 16.5. The standard InChI is InChI=1S/C11H17NO2/c1-4-10-7-12-6-5-11(10)14-9(2)8-13-3/h5-7,9H,4,8H2,1-3H3. The van der Waals surface area contributed by atoms with Crippen molar-refractivity contribution >= 4 is 0 Å². The van der Waals surface area contributed by atoms with Crippen molar-refractivity contribution in [3.05, 3.63) is 24.0 Å². The fourth-order valence-electron chi connectivity index (χ4n) is 1.28. The van der Waals surface area contributed by atoms with Crippen molar-refractivity contribution in [3.63, 3.8) is 0 Å². The molecule has 0 aliphatic carbocycles. The molecule has 0 amide bonds. The highest BCUT2D eigenvalue weighted by Gasteiger charge is 2.06. The Kier molecular flexibility index (Phi) is 4.40. The van der Waals surface area contributed by atoms with E-state index in [1.54, 1.807) is 13.3 Å². The summed E-state index contributed by atoms with van der Waals surface area (Å²) >= 11 is 0. The second-order valence-corrected chi connectivity index (χ2v) is 3.22. The van der Waals surface area contributed by atoms with Crippen LogP contribution in [0.15, 0.2) is 18.5 Å². The molecule has 0 spiro atoms. The van der Waals surface area contributed by atoms with Gasteiger partial charge in [0.1, 0.15) is 11.9 Å². The van der Waals surface area contributed by atoms with E-state index >= 15 is 0 Å². The molecule has 1 unspecified atom stereocenters. The van der Waals surface area contributed by atoms with Crippen LogP contribution in [0.4, 0.5) is 0 Å². The number of rotatable bonds is 5. The summed E-state index contributed by atoms with van der Waals surface area (Å²) in [6, 6.07) is 1.89. The number of methoxy groups -OCH3 is 1. The largest absolute Gasteiger partial charge is 0.488 e. The van der Waals surface area contributed by atoms with E-state index in [9.17, 15) is 0 Å². The highest BCUT2D eigenvalue weighted by Crippen LogP contribution is 2.18. The Bertz CT molecular complexity index is 276. The monoisotopic (exact) mass is 195 g/mol. The van der Waals surface area contributed by atoms with Crippen molar-refractivity contribution in [2.45, 2.75) is 26.4 Å². The third kappa shape index (κ3) is 3.00. The lowest BCUT2D eigenvalue weighted by atomic mass is 10.2. The maximum Gasteiger partial charge on any atom is 0.126 e. The van der Waals surface area contributed by atoms with Crippen molar-refractivity contribution in [3.8, 4) is 5.75 Å². The lowest BCUT2D eigenvalue weighted by Crippen LogP contribution is -2.18. The van der Waals surface area contributed by atoms with Crippen molar-refractivity contribution in [1.29, 1.82) is 0 Å². The normalized spacial score (nSPS) is 12.5. The SMILES string of the molecule is CCc1cnccc1OC(C)COC. The minimum atomic E-state index is 0.0766. The first-order chi connectivity index (χ1) is 6.77. The minimum absolute atomic E-state index is 0.0766. The number of ether oxygens (including phenoxy) is 2. The third-order valence-corrected chi connectivity index (χ3v) is 1.97. The number of pyridine rings is 1. The van der Waals surface area contributed by atoms with E-state index in [1.807, 2.05) is 19.2 Å². The molecule has 1 atom stereocenters. The average Bonchev–Trinajstić information content (AvgIpc) is 2.19. The number of aryl methyl sites for hydroxylation is 1. The molecule has 1 aromatic heterocycles. The van der Waals surface area contributed by atoms with Gasteiger partial charge in [-0.3, -0.25) is 4.98 Å². The first kappa shape index (κ1) is 11.0. The summed E-state index contributed by atoms with van der Waals surface area (Å²) in [7, 11) is 1.67. The highest BCUT2D eigenvalue weighted by molar-refractivity contribution is 5.30. The summed E-state index contributed by atoms with van der Waals surface area (Å²) in [5.41, 5.74) is 1.13. The van der Waals surface area contributed by atoms with Gasteiger partial charge in [-0.25, -0.2) is 0 Å². The number of hydrogen-bond donors (Lipinski definition) is 0. The Morgan fingerprint density at radius 3 is 2.93 bits per heavy atom. The van der Waals surface area contributed by atoms with Gasteiger partial charge in [-0.2, -0.15) is 0 Å². The van der Waals surface area contributed by atoms with Crippen LogP contribution in [0.2, 0.25) is 0 Å². The molecule has 14 heavy (non-hydrogen) atoms. The molecule has 3 nitrogen and oxygen atoms in total. The van der Waals surface area contributed by atoms with Crippen LogP contribution in [-0.4, -0.2) is 24.8 Å². The van der Waals surface area contributed by atoms with Crippen molar-refractivity contribution < 1.29 is 9.47 Å². The van der Waals surface area contributed by atoms with Gasteiger partial charge >= 0.3 is 0 Å². The summed E-state index contributed by atoms with van der Waals surface area (Å²) in [5, 5.41) is 0. The zero-order valence-corrected chi connectivity index (χ0v) is 8.99. The Labute approximate surface area is 85.1 Å². The molecule has 0 saturated carbocycles. The van der Waals surface area contributed by atoms with Crippen molar-refractivity contribution in [2.24, 2.45) is 0 Å². The van der Waals surface area contributed by atoms with Crippen molar-refractivity contribution in [1.82, 2.24) is 4.98 Å². The van der Waals surface area contributed by atoms with Gasteiger partial charge in [0, 0.05) is 25.1 Å². The molecule has 0 aromatic carbocycles. The fourth-order valence-corrected chi connectivity index (χ4v) is 1.28. The van der Waals surface area contributed by atoms with E-state index in [4.69, 9.17) is 9.47 Å². The smallest absolute Gasteiger partial charge is 0.126 e. The van der Waals surface area contributed by atoms with E-state index < -0.39 is 0 Å². The quantitative estimate of drug-likeness (QED) is 0.720. The summed E-state index contributed by atoms with van der Waals surface area (Å²) in [4.78, 5) is 4.06. The Hall–Kier alpha value is -1.09. The van der Waals surface area contributed by atoms with Crippen LogP contribution in [0, 0.1) is 0 Å². The lowest BCUT2D eigenvalue weighted by Gasteiger charge is -2.15. The second kappa shape index (κ2) is 5.60. The summed E-state index contributed by atoms with van der Waals surface area (Å²) in [6.45, 7) is 4.68. The molecule has 1 rings (SSSR count). The van der Waals surface area contributed by atoms with Crippen LogP contribution in [0.3, 0.4) is 0 Å². The maximum atomic E-state index is 5.71. The molecule has 0 fully saturated rings. The van der Waals surface area contributed by atoms with Crippen LogP contribution >= 0.6 is 0 Å². The number of nitrogens with zero attached hydrogens (tertiary/aromatic N) is 1. The molecule has 0 saturated heterocycles. The zero-order chi connectivity index (χ0) is 10.4. The minimum Gasteiger partial charge on any atom is -0.488 e. The first-order valence-electron chi connectivity index (χ1n) is 4.86. The molecule has 0 radical (unpaired) electrons. The van der Waals surface area contributed by atoms with Crippen LogP contribution in [0.5, 0.6) is 5.75 Å². The van der Waals surface area contributed by atoms with Crippen LogP contribution in [-0.2, 0) is 11.2 Å². The van der Waals surface area contributed by atoms with Gasteiger partial charge in [-0.05, 0) is 19.4 Å². The maximum absolute atomic E-state index is 5.71. The summed E-state index contributed by atoms with van der Waals surface area (Å²) < 4.78 is 10.7. The Morgan fingerprint density at radius 2 is 2.29 bits per heavy atom. The molecular weight excluding hydrogens is 178 g/mol. The van der Waals surface area contributed by atoms with E-state index in [1.165, 1.54) is 0 Å². The van der Waals surface area contributed by atoms with Gasteiger partial charge in [-0.15, -0.1) is 0 Å². The van der Waals surface area contributed by atoms with Crippen LogP contribution < -0.4 is 4.74 Å². The topological polar surface area (TPSA) is 31.4 Å². The number of aromatic nitrogens is 1. The summed E-state index contributed by atoms with van der Waals surface area (Å²) in [6.07, 6.45) is 4.60. The Morgan fingerprint density at radius 1 is 1.50 bits per heavy atom. The summed E-state index contributed by atoms with van der Waals surface area (Å²) in [5.74, 6) is 0.909. The molecule has 3 heteroatoms. The fraction of sp³-hybridized carbons (Fsp3) is 0.545. The molecule has 0 bridgehead atoms. The van der Waals surface area contributed by atoms with Crippen molar-refractivity contribution in [2.75, 3.05) is 13.7 Å². The van der Waals surface area contributed by atoms with Crippen LogP contribution in [0.1, 0.15) is 19.4 Å².